The maximum atomic E-state index is 12.4. The molecule has 3 nitrogen and oxygen atoms in total. The Morgan fingerprint density at radius 1 is 1.37 bits per heavy atom. The molecule has 0 aliphatic rings. The molecule has 0 spiro atoms. The summed E-state index contributed by atoms with van der Waals surface area (Å²) in [6.07, 6.45) is -5.28. The number of nitrogens with two attached hydrogens (primary N) is 1. The van der Waals surface area contributed by atoms with Crippen molar-refractivity contribution in [2.45, 2.75) is 12.6 Å². The summed E-state index contributed by atoms with van der Waals surface area (Å²) in [6.45, 7) is 0. The molecule has 102 valence electrons. The third kappa shape index (κ3) is 2.75. The maximum Gasteiger partial charge on any atom is 0.394 e. The topological polar surface area (TPSA) is 48.0 Å². The van der Waals surface area contributed by atoms with E-state index in [2.05, 4.69) is 15.9 Å². The van der Waals surface area contributed by atoms with Crippen molar-refractivity contribution in [3.8, 4) is 0 Å². The number of halogens is 4. The van der Waals surface area contributed by atoms with Crippen LogP contribution in [-0.4, -0.2) is 16.7 Å². The van der Waals surface area contributed by atoms with E-state index in [1.165, 1.54) is 16.7 Å². The zero-order valence-electron chi connectivity index (χ0n) is 9.88. The number of nitrogens with zero attached hydrogens (tertiary/aromatic N) is 1. The molecule has 0 saturated heterocycles. The highest BCUT2D eigenvalue weighted by atomic mass is 79.9. The van der Waals surface area contributed by atoms with Gasteiger partial charge in [-0.2, -0.15) is 13.2 Å². The highest BCUT2D eigenvalue weighted by molar-refractivity contribution is 9.10. The van der Waals surface area contributed by atoms with Gasteiger partial charge in [-0.1, -0.05) is 0 Å². The molecule has 1 amide bonds. The monoisotopic (exact) mass is 334 g/mol. The minimum atomic E-state index is -4.27. The average Bonchev–Trinajstić information content (AvgIpc) is 2.53. The van der Waals surface area contributed by atoms with Gasteiger partial charge in [0.2, 0.25) is 5.91 Å². The van der Waals surface area contributed by atoms with Gasteiger partial charge in [0, 0.05) is 28.1 Å². The molecule has 0 atom stereocenters. The Balaban J connectivity index is 2.60. The Labute approximate surface area is 115 Å². The summed E-state index contributed by atoms with van der Waals surface area (Å²) in [6, 6.07) is 4.50. The fourth-order valence-corrected chi connectivity index (χ4v) is 2.51. The van der Waals surface area contributed by atoms with Crippen LogP contribution in [0.2, 0.25) is 0 Å². The highest BCUT2D eigenvalue weighted by Gasteiger charge is 2.29. The third-order valence-electron chi connectivity index (χ3n) is 2.88. The molecule has 1 aromatic carbocycles. The van der Waals surface area contributed by atoms with Crippen LogP contribution >= 0.6 is 15.9 Å². The van der Waals surface area contributed by atoms with Crippen LogP contribution in [0.4, 0.5) is 13.2 Å². The van der Waals surface area contributed by atoms with Crippen LogP contribution < -0.4 is 5.73 Å². The Bertz CT molecular complexity index is 661. The van der Waals surface area contributed by atoms with Crippen LogP contribution in [0.5, 0.6) is 0 Å². The summed E-state index contributed by atoms with van der Waals surface area (Å²) >= 11 is 3.19. The predicted octanol–water partition coefficient (Wildman–Crippen LogP) is 3.14. The number of alkyl halides is 3. The van der Waals surface area contributed by atoms with Crippen LogP contribution in [0.3, 0.4) is 0 Å². The minimum absolute atomic E-state index is 0.135. The second-order valence-electron chi connectivity index (χ2n) is 4.24. The van der Waals surface area contributed by atoms with Crippen LogP contribution in [0.25, 0.3) is 10.9 Å². The molecule has 7 heteroatoms. The number of aryl methyl sites for hydroxylation is 1. The number of aromatic nitrogens is 1. The lowest BCUT2D eigenvalue weighted by molar-refractivity contribution is -0.128. The average molecular weight is 335 g/mol. The van der Waals surface area contributed by atoms with E-state index in [0.717, 1.165) is 0 Å². The molecule has 0 bridgehead atoms. The second-order valence-corrected chi connectivity index (χ2v) is 5.10. The zero-order valence-corrected chi connectivity index (χ0v) is 11.5. The summed E-state index contributed by atoms with van der Waals surface area (Å²) in [5, 5.41) is 0.554. The standard InChI is InChI=1S/C12H10BrF3N2O/c1-18-7(5-12(14,15)16)2-6-3-8(11(17)19)9(13)4-10(6)18/h2-4H,5H2,1H3,(H2,17,19). The lowest BCUT2D eigenvalue weighted by Crippen LogP contribution is -2.14. The van der Waals surface area contributed by atoms with Crippen LogP contribution in [0, 0.1) is 0 Å². The van der Waals surface area contributed by atoms with E-state index in [1.807, 2.05) is 0 Å². The summed E-state index contributed by atoms with van der Waals surface area (Å²) < 4.78 is 39.2. The first-order valence-electron chi connectivity index (χ1n) is 5.33. The number of fused-ring (bicyclic) bond motifs is 1. The second kappa shape index (κ2) is 4.56. The van der Waals surface area contributed by atoms with Crippen molar-refractivity contribution in [3.63, 3.8) is 0 Å². The molecule has 19 heavy (non-hydrogen) atoms. The van der Waals surface area contributed by atoms with E-state index < -0.39 is 18.5 Å². The lowest BCUT2D eigenvalue weighted by atomic mass is 10.1. The Kier molecular flexibility index (Phi) is 3.34. The van der Waals surface area contributed by atoms with Crippen molar-refractivity contribution in [2.24, 2.45) is 12.8 Å². The molecule has 2 rings (SSSR count). The van der Waals surface area contributed by atoms with E-state index in [9.17, 15) is 18.0 Å². The van der Waals surface area contributed by atoms with Crippen molar-refractivity contribution in [1.82, 2.24) is 4.57 Å². The molecule has 0 fully saturated rings. The van der Waals surface area contributed by atoms with E-state index in [-0.39, 0.29) is 11.3 Å². The van der Waals surface area contributed by atoms with Gasteiger partial charge in [0.1, 0.15) is 0 Å². The van der Waals surface area contributed by atoms with Crippen molar-refractivity contribution in [3.05, 3.63) is 33.9 Å². The molecule has 1 heterocycles. The van der Waals surface area contributed by atoms with Gasteiger partial charge in [0.15, 0.2) is 0 Å². The molecular formula is C12H10BrF3N2O. The summed E-state index contributed by atoms with van der Waals surface area (Å²) in [5.41, 5.74) is 6.19. The van der Waals surface area contributed by atoms with Crippen LogP contribution in [0.1, 0.15) is 16.1 Å². The Morgan fingerprint density at radius 3 is 2.53 bits per heavy atom. The summed E-state index contributed by atoms with van der Waals surface area (Å²) in [7, 11) is 1.56. The van der Waals surface area contributed by atoms with Gasteiger partial charge in [0.25, 0.3) is 0 Å². The number of carbonyl (C=O) groups excluding carboxylic acids is 1. The van der Waals surface area contributed by atoms with Gasteiger partial charge < -0.3 is 10.3 Å². The number of hydrogen-bond acceptors (Lipinski definition) is 1. The SMILES string of the molecule is Cn1c(CC(F)(F)F)cc2cc(C(N)=O)c(Br)cc21. The normalized spacial score (nSPS) is 12.1. The van der Waals surface area contributed by atoms with Gasteiger partial charge >= 0.3 is 6.18 Å². The molecule has 0 aliphatic carbocycles. The number of rotatable bonds is 2. The van der Waals surface area contributed by atoms with E-state index >= 15 is 0 Å². The fourth-order valence-electron chi connectivity index (χ4n) is 1.98. The van der Waals surface area contributed by atoms with Crippen molar-refractivity contribution < 1.29 is 18.0 Å². The fraction of sp³-hybridized carbons (Fsp3) is 0.250. The number of primary amides is 1. The number of amides is 1. The number of carbonyl (C=O) groups is 1. The predicted molar refractivity (Wildman–Crippen MR) is 68.9 cm³/mol. The molecule has 0 aliphatic heterocycles. The first-order chi connectivity index (χ1) is 8.69. The molecular weight excluding hydrogens is 325 g/mol. The van der Waals surface area contributed by atoms with Crippen molar-refractivity contribution in [1.29, 1.82) is 0 Å². The van der Waals surface area contributed by atoms with Gasteiger partial charge in [-0.15, -0.1) is 0 Å². The Hall–Kier alpha value is -1.50. The minimum Gasteiger partial charge on any atom is -0.366 e. The van der Waals surface area contributed by atoms with Crippen LogP contribution in [0.15, 0.2) is 22.7 Å². The number of benzene rings is 1. The molecule has 0 saturated carbocycles. The van der Waals surface area contributed by atoms with Gasteiger partial charge in [-0.25, -0.2) is 0 Å². The van der Waals surface area contributed by atoms with Gasteiger partial charge in [-0.3, -0.25) is 4.79 Å². The quantitative estimate of drug-likeness (QED) is 0.901. The van der Waals surface area contributed by atoms with Crippen molar-refractivity contribution in [2.75, 3.05) is 0 Å². The summed E-state index contributed by atoms with van der Waals surface area (Å²) in [5.74, 6) is -0.630. The number of hydrogen-bond donors (Lipinski definition) is 1. The third-order valence-corrected chi connectivity index (χ3v) is 3.53. The first-order valence-corrected chi connectivity index (χ1v) is 6.13. The van der Waals surface area contributed by atoms with Crippen LogP contribution in [-0.2, 0) is 13.5 Å². The largest absolute Gasteiger partial charge is 0.394 e. The smallest absolute Gasteiger partial charge is 0.366 e. The first kappa shape index (κ1) is 13.9. The van der Waals surface area contributed by atoms with E-state index in [0.29, 0.717) is 15.4 Å². The van der Waals surface area contributed by atoms with E-state index in [4.69, 9.17) is 5.73 Å². The molecule has 2 N–H and O–H groups in total. The van der Waals surface area contributed by atoms with E-state index in [1.54, 1.807) is 13.1 Å². The van der Waals surface area contributed by atoms with Gasteiger partial charge in [0.05, 0.1) is 12.0 Å². The molecule has 0 radical (unpaired) electrons. The molecule has 0 unspecified atom stereocenters. The highest BCUT2D eigenvalue weighted by Crippen LogP contribution is 2.29. The van der Waals surface area contributed by atoms with Gasteiger partial charge in [-0.05, 0) is 34.1 Å². The summed E-state index contributed by atoms with van der Waals surface area (Å²) in [4.78, 5) is 11.2. The molecule has 1 aromatic heterocycles. The maximum absolute atomic E-state index is 12.4. The lowest BCUT2D eigenvalue weighted by Gasteiger charge is -2.07. The zero-order chi connectivity index (χ0) is 14.4. The van der Waals surface area contributed by atoms with Crippen molar-refractivity contribution >= 4 is 32.7 Å². The Morgan fingerprint density at radius 2 is 2.00 bits per heavy atom. The molecule has 2 aromatic rings.